The molecule has 0 aromatic heterocycles. The first-order chi connectivity index (χ1) is 5.33. The maximum Gasteiger partial charge on any atom is 0.0469 e. The van der Waals surface area contributed by atoms with Crippen LogP contribution in [-0.2, 0) is 4.74 Å². The van der Waals surface area contributed by atoms with Gasteiger partial charge in [-0.3, -0.25) is 0 Å². The van der Waals surface area contributed by atoms with Gasteiger partial charge >= 0.3 is 0 Å². The van der Waals surface area contributed by atoms with Crippen LogP contribution in [0.15, 0.2) is 0 Å². The van der Waals surface area contributed by atoms with Crippen molar-refractivity contribution < 1.29 is 4.74 Å². The van der Waals surface area contributed by atoms with Gasteiger partial charge in [0.1, 0.15) is 0 Å². The van der Waals surface area contributed by atoms with E-state index in [-0.39, 0.29) is 0 Å². The first kappa shape index (κ1) is 9.01. The van der Waals surface area contributed by atoms with E-state index in [0.717, 1.165) is 25.7 Å². The largest absolute Gasteiger partial charge is 0.381 e. The van der Waals surface area contributed by atoms with Crippen LogP contribution in [0, 0.1) is 5.92 Å². The molecule has 1 saturated heterocycles. The predicted molar refractivity (Wildman–Crippen MR) is 46.7 cm³/mol. The van der Waals surface area contributed by atoms with Crippen molar-refractivity contribution in [1.29, 1.82) is 0 Å². The Balaban J connectivity index is 2.13. The van der Waals surface area contributed by atoms with E-state index in [1.807, 2.05) is 0 Å². The lowest BCUT2D eigenvalue weighted by Crippen LogP contribution is -2.29. The summed E-state index contributed by atoms with van der Waals surface area (Å²) in [4.78, 5) is 2.38. The molecule has 1 fully saturated rings. The maximum absolute atomic E-state index is 5.30. The standard InChI is InChI=1S/C9H19NO/c1-3-10(2)8-9-4-6-11-7-5-9/h9H,3-8H2,1-2H3. The van der Waals surface area contributed by atoms with E-state index in [0.29, 0.717) is 0 Å². The minimum Gasteiger partial charge on any atom is -0.381 e. The van der Waals surface area contributed by atoms with E-state index in [1.165, 1.54) is 19.4 Å². The van der Waals surface area contributed by atoms with Crippen LogP contribution in [0.1, 0.15) is 19.8 Å². The van der Waals surface area contributed by atoms with Crippen molar-refractivity contribution in [2.24, 2.45) is 5.92 Å². The summed E-state index contributed by atoms with van der Waals surface area (Å²) in [5.74, 6) is 0.883. The molecule has 0 N–H and O–H groups in total. The number of nitrogens with zero attached hydrogens (tertiary/aromatic N) is 1. The lowest BCUT2D eigenvalue weighted by atomic mass is 10.00. The quantitative estimate of drug-likeness (QED) is 0.613. The number of hydrogen-bond donors (Lipinski definition) is 0. The van der Waals surface area contributed by atoms with Gasteiger partial charge in [0, 0.05) is 19.8 Å². The molecule has 0 atom stereocenters. The van der Waals surface area contributed by atoms with Crippen molar-refractivity contribution in [3.8, 4) is 0 Å². The van der Waals surface area contributed by atoms with Crippen LogP contribution in [0.4, 0.5) is 0 Å². The van der Waals surface area contributed by atoms with Gasteiger partial charge in [-0.25, -0.2) is 0 Å². The number of ether oxygens (including phenoxy) is 1. The van der Waals surface area contributed by atoms with Crippen molar-refractivity contribution in [3.05, 3.63) is 0 Å². The summed E-state index contributed by atoms with van der Waals surface area (Å²) >= 11 is 0. The van der Waals surface area contributed by atoms with Crippen LogP contribution in [0.2, 0.25) is 0 Å². The van der Waals surface area contributed by atoms with Crippen molar-refractivity contribution in [2.75, 3.05) is 33.4 Å². The minimum atomic E-state index is 0.883. The number of rotatable bonds is 3. The Morgan fingerprint density at radius 1 is 1.36 bits per heavy atom. The monoisotopic (exact) mass is 157 g/mol. The summed E-state index contributed by atoms with van der Waals surface area (Å²) in [7, 11) is 2.19. The zero-order valence-electron chi connectivity index (χ0n) is 7.68. The van der Waals surface area contributed by atoms with E-state index in [4.69, 9.17) is 4.74 Å². The highest BCUT2D eigenvalue weighted by Crippen LogP contribution is 2.14. The molecule has 2 nitrogen and oxygen atoms in total. The normalized spacial score (nSPS) is 21.0. The minimum absolute atomic E-state index is 0.883. The fraction of sp³-hybridized carbons (Fsp3) is 1.00. The molecule has 0 aromatic carbocycles. The van der Waals surface area contributed by atoms with E-state index in [2.05, 4.69) is 18.9 Å². The molecular weight excluding hydrogens is 138 g/mol. The fourth-order valence-corrected chi connectivity index (χ4v) is 1.50. The molecule has 0 bridgehead atoms. The second kappa shape index (κ2) is 4.73. The highest BCUT2D eigenvalue weighted by Gasteiger charge is 2.14. The van der Waals surface area contributed by atoms with Crippen LogP contribution in [-0.4, -0.2) is 38.3 Å². The van der Waals surface area contributed by atoms with Gasteiger partial charge in [0.2, 0.25) is 0 Å². The Morgan fingerprint density at radius 3 is 2.55 bits per heavy atom. The third kappa shape index (κ3) is 3.21. The average Bonchev–Trinajstić information content (AvgIpc) is 2.06. The molecule has 0 spiro atoms. The summed E-state index contributed by atoms with van der Waals surface area (Å²) < 4.78 is 5.30. The van der Waals surface area contributed by atoms with E-state index >= 15 is 0 Å². The molecule has 11 heavy (non-hydrogen) atoms. The third-order valence-corrected chi connectivity index (χ3v) is 2.45. The molecule has 1 aliphatic rings. The van der Waals surface area contributed by atoms with E-state index < -0.39 is 0 Å². The SMILES string of the molecule is CCN(C)CC1CCOCC1. The summed E-state index contributed by atoms with van der Waals surface area (Å²) in [5.41, 5.74) is 0. The Hall–Kier alpha value is -0.0800. The lowest BCUT2D eigenvalue weighted by molar-refractivity contribution is 0.0563. The maximum atomic E-state index is 5.30. The van der Waals surface area contributed by atoms with Crippen molar-refractivity contribution in [1.82, 2.24) is 4.90 Å². The van der Waals surface area contributed by atoms with E-state index in [9.17, 15) is 0 Å². The van der Waals surface area contributed by atoms with Gasteiger partial charge in [0.25, 0.3) is 0 Å². The van der Waals surface area contributed by atoms with E-state index in [1.54, 1.807) is 0 Å². The Bertz CT molecular complexity index is 99.7. The molecule has 0 aliphatic carbocycles. The van der Waals surface area contributed by atoms with Crippen molar-refractivity contribution >= 4 is 0 Å². The molecule has 66 valence electrons. The van der Waals surface area contributed by atoms with Gasteiger partial charge < -0.3 is 9.64 Å². The molecule has 0 saturated carbocycles. The summed E-state index contributed by atoms with van der Waals surface area (Å²) in [6.07, 6.45) is 2.51. The zero-order valence-corrected chi connectivity index (χ0v) is 7.68. The number of hydrogen-bond acceptors (Lipinski definition) is 2. The molecule has 1 heterocycles. The Kier molecular flexibility index (Phi) is 3.87. The van der Waals surface area contributed by atoms with Crippen LogP contribution in [0.5, 0.6) is 0 Å². The van der Waals surface area contributed by atoms with Crippen molar-refractivity contribution in [2.45, 2.75) is 19.8 Å². The fourth-order valence-electron chi connectivity index (χ4n) is 1.50. The third-order valence-electron chi connectivity index (χ3n) is 2.45. The topological polar surface area (TPSA) is 12.5 Å². The van der Waals surface area contributed by atoms with Crippen LogP contribution in [0.3, 0.4) is 0 Å². The Morgan fingerprint density at radius 2 is 2.00 bits per heavy atom. The summed E-state index contributed by atoms with van der Waals surface area (Å²) in [6.45, 7) is 6.57. The highest BCUT2D eigenvalue weighted by atomic mass is 16.5. The molecule has 0 aromatic rings. The van der Waals surface area contributed by atoms with Gasteiger partial charge in [0.15, 0.2) is 0 Å². The molecule has 0 amide bonds. The molecule has 0 unspecified atom stereocenters. The van der Waals surface area contributed by atoms with Crippen LogP contribution < -0.4 is 0 Å². The molecule has 0 radical (unpaired) electrons. The van der Waals surface area contributed by atoms with Crippen LogP contribution in [0.25, 0.3) is 0 Å². The second-order valence-electron chi connectivity index (χ2n) is 3.41. The first-order valence-corrected chi connectivity index (χ1v) is 4.59. The van der Waals surface area contributed by atoms with Gasteiger partial charge in [-0.1, -0.05) is 6.92 Å². The zero-order chi connectivity index (χ0) is 8.10. The van der Waals surface area contributed by atoms with Gasteiger partial charge in [-0.2, -0.15) is 0 Å². The summed E-state index contributed by atoms with van der Waals surface area (Å²) in [5, 5.41) is 0. The van der Waals surface area contributed by atoms with Gasteiger partial charge in [-0.05, 0) is 32.4 Å². The molecule has 1 aliphatic heterocycles. The first-order valence-electron chi connectivity index (χ1n) is 4.59. The smallest absolute Gasteiger partial charge is 0.0469 e. The van der Waals surface area contributed by atoms with Crippen molar-refractivity contribution in [3.63, 3.8) is 0 Å². The van der Waals surface area contributed by atoms with Gasteiger partial charge in [-0.15, -0.1) is 0 Å². The molecular formula is C9H19NO. The van der Waals surface area contributed by atoms with Gasteiger partial charge in [0.05, 0.1) is 0 Å². The van der Waals surface area contributed by atoms with Crippen LogP contribution >= 0.6 is 0 Å². The lowest BCUT2D eigenvalue weighted by Gasteiger charge is -2.26. The predicted octanol–water partition coefficient (Wildman–Crippen LogP) is 1.36. The molecule has 2 heteroatoms. The Labute approximate surface area is 69.5 Å². The second-order valence-corrected chi connectivity index (χ2v) is 3.41. The highest BCUT2D eigenvalue weighted by molar-refractivity contribution is 4.66. The summed E-state index contributed by atoms with van der Waals surface area (Å²) in [6, 6.07) is 0. The average molecular weight is 157 g/mol. The molecule has 1 rings (SSSR count).